The molecule has 1 aromatic carbocycles. The molecule has 1 aromatic rings. The zero-order valence-corrected chi connectivity index (χ0v) is 12.0. The number of benzene rings is 1. The fraction of sp³-hybridized carbons (Fsp3) is 0.647. The maximum Gasteiger partial charge on any atom is 0.120 e. The highest BCUT2D eigenvalue weighted by Gasteiger charge is 2.32. The SMILES string of the molecule is CCc1ccc(OC(C)(C)C2CCCCC2)cc1. The van der Waals surface area contributed by atoms with Crippen molar-refractivity contribution in [2.75, 3.05) is 0 Å². The van der Waals surface area contributed by atoms with E-state index >= 15 is 0 Å². The van der Waals surface area contributed by atoms with E-state index in [1.165, 1.54) is 37.7 Å². The van der Waals surface area contributed by atoms with Gasteiger partial charge in [-0.05, 0) is 56.7 Å². The van der Waals surface area contributed by atoms with E-state index < -0.39 is 0 Å². The van der Waals surface area contributed by atoms with Gasteiger partial charge in [-0.1, -0.05) is 38.3 Å². The largest absolute Gasteiger partial charge is 0.488 e. The van der Waals surface area contributed by atoms with Gasteiger partial charge in [0.25, 0.3) is 0 Å². The first-order chi connectivity index (χ1) is 8.62. The molecule has 0 amide bonds. The van der Waals surface area contributed by atoms with Gasteiger partial charge in [0.15, 0.2) is 0 Å². The molecule has 0 spiro atoms. The van der Waals surface area contributed by atoms with Crippen LogP contribution in [0.1, 0.15) is 58.4 Å². The molecular weight excluding hydrogens is 220 g/mol. The highest BCUT2D eigenvalue weighted by atomic mass is 16.5. The van der Waals surface area contributed by atoms with Crippen molar-refractivity contribution in [3.63, 3.8) is 0 Å². The Labute approximate surface area is 112 Å². The molecule has 1 fully saturated rings. The molecule has 100 valence electrons. The molecule has 0 N–H and O–H groups in total. The topological polar surface area (TPSA) is 9.23 Å². The molecule has 1 nitrogen and oxygen atoms in total. The molecule has 0 aliphatic heterocycles. The minimum atomic E-state index is -0.0336. The number of rotatable bonds is 4. The second kappa shape index (κ2) is 5.77. The van der Waals surface area contributed by atoms with E-state index in [4.69, 9.17) is 4.74 Å². The summed E-state index contributed by atoms with van der Waals surface area (Å²) >= 11 is 0. The zero-order chi connectivity index (χ0) is 13.0. The Morgan fingerprint density at radius 1 is 1.06 bits per heavy atom. The summed E-state index contributed by atoms with van der Waals surface area (Å²) in [6.45, 7) is 6.68. The molecular formula is C17H26O. The molecule has 1 aliphatic carbocycles. The van der Waals surface area contributed by atoms with E-state index in [9.17, 15) is 0 Å². The van der Waals surface area contributed by atoms with E-state index in [0.29, 0.717) is 5.92 Å². The summed E-state index contributed by atoms with van der Waals surface area (Å²) < 4.78 is 6.24. The minimum absolute atomic E-state index is 0.0336. The fourth-order valence-corrected chi connectivity index (χ4v) is 2.98. The van der Waals surface area contributed by atoms with Crippen LogP contribution in [0, 0.1) is 5.92 Å². The van der Waals surface area contributed by atoms with Crippen LogP contribution >= 0.6 is 0 Å². The maximum atomic E-state index is 6.24. The van der Waals surface area contributed by atoms with Gasteiger partial charge in [0.05, 0.1) is 0 Å². The van der Waals surface area contributed by atoms with Crippen molar-refractivity contribution in [1.29, 1.82) is 0 Å². The van der Waals surface area contributed by atoms with Crippen molar-refractivity contribution in [1.82, 2.24) is 0 Å². The van der Waals surface area contributed by atoms with Crippen LogP contribution in [0.25, 0.3) is 0 Å². The van der Waals surface area contributed by atoms with Gasteiger partial charge >= 0.3 is 0 Å². The lowest BCUT2D eigenvalue weighted by Gasteiger charge is -2.37. The summed E-state index contributed by atoms with van der Waals surface area (Å²) in [5, 5.41) is 0. The second-order valence-corrected chi connectivity index (χ2v) is 6.04. The Kier molecular flexibility index (Phi) is 4.31. The Bertz CT molecular complexity index is 358. The number of hydrogen-bond acceptors (Lipinski definition) is 1. The van der Waals surface area contributed by atoms with Crippen LogP contribution in [-0.4, -0.2) is 5.60 Å². The molecule has 18 heavy (non-hydrogen) atoms. The summed E-state index contributed by atoms with van der Waals surface area (Å²) in [5.74, 6) is 1.72. The Balaban J connectivity index is 2.01. The second-order valence-electron chi connectivity index (χ2n) is 6.04. The molecule has 0 saturated heterocycles. The first kappa shape index (κ1) is 13.5. The maximum absolute atomic E-state index is 6.24. The predicted octanol–water partition coefficient (Wildman–Crippen LogP) is 4.99. The molecule has 1 heteroatoms. The van der Waals surface area contributed by atoms with Crippen LogP contribution in [-0.2, 0) is 6.42 Å². The van der Waals surface area contributed by atoms with E-state index in [1.54, 1.807) is 0 Å². The van der Waals surface area contributed by atoms with Crippen LogP contribution in [0.4, 0.5) is 0 Å². The van der Waals surface area contributed by atoms with Crippen molar-refractivity contribution in [2.24, 2.45) is 5.92 Å². The van der Waals surface area contributed by atoms with Gasteiger partial charge < -0.3 is 4.74 Å². The first-order valence-electron chi connectivity index (χ1n) is 7.40. The fourth-order valence-electron chi connectivity index (χ4n) is 2.98. The lowest BCUT2D eigenvalue weighted by Crippen LogP contribution is -2.38. The summed E-state index contributed by atoms with van der Waals surface area (Å²) in [4.78, 5) is 0. The van der Waals surface area contributed by atoms with Crippen molar-refractivity contribution >= 4 is 0 Å². The smallest absolute Gasteiger partial charge is 0.120 e. The van der Waals surface area contributed by atoms with Crippen molar-refractivity contribution in [3.8, 4) is 5.75 Å². The predicted molar refractivity (Wildman–Crippen MR) is 77.1 cm³/mol. The number of aryl methyl sites for hydroxylation is 1. The van der Waals surface area contributed by atoms with Gasteiger partial charge in [0.2, 0.25) is 0 Å². The Hall–Kier alpha value is -0.980. The average Bonchev–Trinajstić information content (AvgIpc) is 2.40. The zero-order valence-electron chi connectivity index (χ0n) is 12.0. The third kappa shape index (κ3) is 3.28. The standard InChI is InChI=1S/C17H26O/c1-4-14-10-12-16(13-11-14)18-17(2,3)15-8-6-5-7-9-15/h10-13,15H,4-9H2,1-3H3. The molecule has 0 heterocycles. The van der Waals surface area contributed by atoms with Gasteiger partial charge in [-0.25, -0.2) is 0 Å². The highest BCUT2D eigenvalue weighted by molar-refractivity contribution is 5.27. The average molecular weight is 246 g/mol. The molecule has 2 rings (SSSR count). The normalized spacial score (nSPS) is 17.7. The molecule has 1 saturated carbocycles. The number of ether oxygens (including phenoxy) is 1. The van der Waals surface area contributed by atoms with Crippen LogP contribution in [0.15, 0.2) is 24.3 Å². The van der Waals surface area contributed by atoms with Crippen LogP contribution in [0.5, 0.6) is 5.75 Å². The summed E-state index contributed by atoms with van der Waals surface area (Å²) in [7, 11) is 0. The van der Waals surface area contributed by atoms with Crippen molar-refractivity contribution in [2.45, 2.75) is 64.9 Å². The van der Waals surface area contributed by atoms with Gasteiger partial charge in [-0.15, -0.1) is 0 Å². The Morgan fingerprint density at radius 3 is 2.22 bits per heavy atom. The van der Waals surface area contributed by atoms with Crippen LogP contribution < -0.4 is 4.74 Å². The van der Waals surface area contributed by atoms with Gasteiger partial charge in [-0.3, -0.25) is 0 Å². The van der Waals surface area contributed by atoms with E-state index in [-0.39, 0.29) is 5.60 Å². The lowest BCUT2D eigenvalue weighted by atomic mass is 9.79. The van der Waals surface area contributed by atoms with Gasteiger partial charge in [0, 0.05) is 0 Å². The summed E-state index contributed by atoms with van der Waals surface area (Å²) in [6.07, 6.45) is 7.86. The Morgan fingerprint density at radius 2 is 1.67 bits per heavy atom. The van der Waals surface area contributed by atoms with Gasteiger partial charge in [-0.2, -0.15) is 0 Å². The third-order valence-corrected chi connectivity index (χ3v) is 4.30. The number of hydrogen-bond donors (Lipinski definition) is 0. The van der Waals surface area contributed by atoms with Gasteiger partial charge in [0.1, 0.15) is 11.4 Å². The van der Waals surface area contributed by atoms with Crippen molar-refractivity contribution in [3.05, 3.63) is 29.8 Å². The molecule has 0 radical (unpaired) electrons. The lowest BCUT2D eigenvalue weighted by molar-refractivity contribution is 0.0252. The summed E-state index contributed by atoms with van der Waals surface area (Å²) in [5.41, 5.74) is 1.34. The quantitative estimate of drug-likeness (QED) is 0.727. The molecule has 0 atom stereocenters. The van der Waals surface area contributed by atoms with E-state index in [0.717, 1.165) is 12.2 Å². The third-order valence-electron chi connectivity index (χ3n) is 4.30. The van der Waals surface area contributed by atoms with Crippen molar-refractivity contribution < 1.29 is 4.74 Å². The highest BCUT2D eigenvalue weighted by Crippen LogP contribution is 2.35. The van der Waals surface area contributed by atoms with E-state index in [1.807, 2.05) is 0 Å². The molecule has 0 unspecified atom stereocenters. The molecule has 0 bridgehead atoms. The minimum Gasteiger partial charge on any atom is -0.488 e. The van der Waals surface area contributed by atoms with E-state index in [2.05, 4.69) is 45.0 Å². The molecule has 1 aliphatic rings. The first-order valence-corrected chi connectivity index (χ1v) is 7.40. The molecule has 0 aromatic heterocycles. The van der Waals surface area contributed by atoms with Crippen LogP contribution in [0.3, 0.4) is 0 Å². The summed E-state index contributed by atoms with van der Waals surface area (Å²) in [6, 6.07) is 8.57. The monoisotopic (exact) mass is 246 g/mol. The van der Waals surface area contributed by atoms with Crippen LogP contribution in [0.2, 0.25) is 0 Å².